The monoisotopic (exact) mass is 468 g/mol. The number of amides is 1. The number of anilines is 1. The van der Waals surface area contributed by atoms with E-state index < -0.39 is 0 Å². The highest BCUT2D eigenvalue weighted by Crippen LogP contribution is 2.14. The Morgan fingerprint density at radius 3 is 2.54 bits per heavy atom. The average molecular weight is 470 g/mol. The fourth-order valence-corrected chi connectivity index (χ4v) is 3.46. The molecule has 158 valence electrons. The van der Waals surface area contributed by atoms with Gasteiger partial charge >= 0.3 is 0 Å². The van der Waals surface area contributed by atoms with E-state index in [9.17, 15) is 4.79 Å². The van der Waals surface area contributed by atoms with E-state index in [0.717, 1.165) is 42.6 Å². The number of pyridine rings is 1. The zero-order valence-corrected chi connectivity index (χ0v) is 18.9. The lowest BCUT2D eigenvalue weighted by atomic mass is 10.2. The van der Waals surface area contributed by atoms with E-state index in [4.69, 9.17) is 5.73 Å². The van der Waals surface area contributed by atoms with E-state index in [1.54, 1.807) is 5.38 Å². The predicted octanol–water partition coefficient (Wildman–Crippen LogP) is 1.99. The molecule has 1 aliphatic heterocycles. The van der Waals surface area contributed by atoms with Crippen LogP contribution in [0.1, 0.15) is 21.1 Å². The van der Waals surface area contributed by atoms with Gasteiger partial charge in [0.25, 0.3) is 5.91 Å². The molecule has 7 nitrogen and oxygen atoms in total. The molecule has 0 radical (unpaired) electrons. The quantitative estimate of drug-likeness (QED) is 0.673. The van der Waals surface area contributed by atoms with Gasteiger partial charge in [-0.25, -0.2) is 9.97 Å². The summed E-state index contributed by atoms with van der Waals surface area (Å²) in [6, 6.07) is 4.04. The van der Waals surface area contributed by atoms with Gasteiger partial charge in [-0.2, -0.15) is 0 Å². The summed E-state index contributed by atoms with van der Waals surface area (Å²) < 4.78 is 0. The number of aromatic nitrogens is 2. The number of nitrogens with zero attached hydrogens (tertiary/aromatic N) is 4. The molecule has 3 N–H and O–H groups in total. The molecular weight excluding hydrogens is 443 g/mol. The third kappa shape index (κ3) is 7.35. The highest BCUT2D eigenvalue weighted by atomic mass is 35.5. The number of nitrogens with two attached hydrogens (primary N) is 1. The maximum Gasteiger partial charge on any atom is 0.271 e. The van der Waals surface area contributed by atoms with Crippen LogP contribution in [0.5, 0.6) is 0 Å². The van der Waals surface area contributed by atoms with Crippen LogP contribution in [0.25, 0.3) is 0 Å². The molecule has 3 rings (SSSR count). The number of likely N-dealkylation sites (N-methyl/N-ethyl adjacent to an activating group) is 1. The minimum atomic E-state index is -0.164. The third-order valence-corrected chi connectivity index (χ3v) is 5.14. The minimum Gasteiger partial charge on any atom is -0.354 e. The zero-order valence-electron chi connectivity index (χ0n) is 15.7. The number of carbonyl (C=O) groups excluding carboxylic acids is 1. The summed E-state index contributed by atoms with van der Waals surface area (Å²) in [6.45, 7) is 5.08. The van der Waals surface area contributed by atoms with Crippen molar-refractivity contribution in [1.82, 2.24) is 20.2 Å². The fourth-order valence-electron chi connectivity index (χ4n) is 2.67. The van der Waals surface area contributed by atoms with Gasteiger partial charge in [-0.3, -0.25) is 4.79 Å². The lowest BCUT2D eigenvalue weighted by molar-refractivity contribution is 0.0946. The van der Waals surface area contributed by atoms with Crippen molar-refractivity contribution in [3.05, 3.63) is 40.0 Å². The van der Waals surface area contributed by atoms with Gasteiger partial charge in [0.15, 0.2) is 0 Å². The number of nitrogens with one attached hydrogen (secondary N) is 1. The van der Waals surface area contributed by atoms with Gasteiger partial charge in [0, 0.05) is 50.7 Å². The summed E-state index contributed by atoms with van der Waals surface area (Å²) >= 11 is 1.47. The molecule has 0 unspecified atom stereocenters. The second-order valence-corrected chi connectivity index (χ2v) is 7.11. The summed E-state index contributed by atoms with van der Waals surface area (Å²) in [6.07, 6.45) is 2.53. The minimum absolute atomic E-state index is 0. The van der Waals surface area contributed by atoms with Crippen molar-refractivity contribution in [2.75, 3.05) is 44.7 Å². The molecule has 28 heavy (non-hydrogen) atoms. The van der Waals surface area contributed by atoms with Crippen molar-refractivity contribution in [1.29, 1.82) is 0 Å². The van der Waals surface area contributed by atoms with Gasteiger partial charge in [0.05, 0.1) is 5.01 Å². The second kappa shape index (κ2) is 13.1. The number of rotatable bonds is 6. The number of piperazine rings is 1. The first kappa shape index (κ1) is 26.8. The van der Waals surface area contributed by atoms with Crippen LogP contribution < -0.4 is 16.0 Å². The third-order valence-electron chi connectivity index (χ3n) is 4.23. The average Bonchev–Trinajstić information content (AvgIpc) is 3.10. The van der Waals surface area contributed by atoms with E-state index in [-0.39, 0.29) is 43.1 Å². The summed E-state index contributed by atoms with van der Waals surface area (Å²) in [5.41, 5.74) is 6.94. The number of hydrogen-bond donors (Lipinski definition) is 2. The van der Waals surface area contributed by atoms with E-state index in [1.807, 2.05) is 18.3 Å². The standard InChI is InChI=1S/C17H24N6OS.3ClH/c1-22-6-8-23(9-7-22)15-3-2-13(10-19-15)11-20-17(24)14-12-25-16(21-14)4-5-18;;;/h2-3,10,12H,4-9,11,18H2,1H3,(H,20,24);3*1H. The number of halogens is 3. The predicted molar refractivity (Wildman–Crippen MR) is 122 cm³/mol. The summed E-state index contributed by atoms with van der Waals surface area (Å²) in [7, 11) is 2.14. The Balaban J connectivity index is 0.00000243. The first-order valence-electron chi connectivity index (χ1n) is 8.47. The molecule has 1 aliphatic rings. The molecule has 3 heterocycles. The fraction of sp³-hybridized carbons (Fsp3) is 0.471. The summed E-state index contributed by atoms with van der Waals surface area (Å²) in [4.78, 5) is 25.6. The van der Waals surface area contributed by atoms with Crippen LogP contribution in [-0.2, 0) is 13.0 Å². The molecule has 1 saturated heterocycles. The van der Waals surface area contributed by atoms with Crippen molar-refractivity contribution in [2.24, 2.45) is 5.73 Å². The summed E-state index contributed by atoms with van der Waals surface area (Å²) in [5.74, 6) is 0.830. The van der Waals surface area contributed by atoms with Crippen molar-refractivity contribution in [3.63, 3.8) is 0 Å². The normalized spacial score (nSPS) is 13.7. The largest absolute Gasteiger partial charge is 0.354 e. The van der Waals surface area contributed by atoms with Crippen LogP contribution in [0.3, 0.4) is 0 Å². The van der Waals surface area contributed by atoms with Crippen LogP contribution in [0, 0.1) is 0 Å². The number of thiazole rings is 1. The van der Waals surface area contributed by atoms with E-state index >= 15 is 0 Å². The molecule has 0 atom stereocenters. The number of hydrogen-bond acceptors (Lipinski definition) is 7. The molecule has 11 heteroatoms. The highest BCUT2D eigenvalue weighted by molar-refractivity contribution is 7.09. The smallest absolute Gasteiger partial charge is 0.271 e. The molecule has 1 fully saturated rings. The molecule has 2 aromatic heterocycles. The van der Waals surface area contributed by atoms with Crippen LogP contribution in [0.15, 0.2) is 23.7 Å². The molecule has 0 aliphatic carbocycles. The van der Waals surface area contributed by atoms with Crippen LogP contribution in [0.4, 0.5) is 5.82 Å². The molecular formula is C17H27Cl3N6OS. The first-order chi connectivity index (χ1) is 12.2. The van der Waals surface area contributed by atoms with E-state index in [2.05, 4.69) is 32.1 Å². The first-order valence-corrected chi connectivity index (χ1v) is 9.35. The van der Waals surface area contributed by atoms with Gasteiger partial charge < -0.3 is 20.9 Å². The molecule has 0 aromatic carbocycles. The maximum atomic E-state index is 12.1. The van der Waals surface area contributed by atoms with Gasteiger partial charge in [0.2, 0.25) is 0 Å². The lowest BCUT2D eigenvalue weighted by Crippen LogP contribution is -2.44. The van der Waals surface area contributed by atoms with Crippen LogP contribution in [0.2, 0.25) is 0 Å². The van der Waals surface area contributed by atoms with Crippen molar-refractivity contribution in [2.45, 2.75) is 13.0 Å². The molecule has 0 bridgehead atoms. The van der Waals surface area contributed by atoms with Crippen molar-refractivity contribution < 1.29 is 4.79 Å². The second-order valence-electron chi connectivity index (χ2n) is 6.16. The molecule has 0 saturated carbocycles. The Labute approximate surface area is 188 Å². The van der Waals surface area contributed by atoms with Gasteiger partial charge in [0.1, 0.15) is 11.5 Å². The highest BCUT2D eigenvalue weighted by Gasteiger charge is 2.15. The topological polar surface area (TPSA) is 87.4 Å². The van der Waals surface area contributed by atoms with Crippen LogP contribution in [-0.4, -0.2) is 60.5 Å². The Morgan fingerprint density at radius 2 is 1.93 bits per heavy atom. The molecule has 2 aromatic rings. The lowest BCUT2D eigenvalue weighted by Gasteiger charge is -2.33. The van der Waals surface area contributed by atoms with Crippen molar-refractivity contribution in [3.8, 4) is 0 Å². The Hall–Kier alpha value is -1.16. The SMILES string of the molecule is CN1CCN(c2ccc(CNC(=O)c3csc(CCN)n3)cn2)CC1.Cl.Cl.Cl. The van der Waals surface area contributed by atoms with Gasteiger partial charge in [-0.1, -0.05) is 6.07 Å². The van der Waals surface area contributed by atoms with Gasteiger partial charge in [-0.05, 0) is 25.2 Å². The maximum absolute atomic E-state index is 12.1. The van der Waals surface area contributed by atoms with E-state index in [1.165, 1.54) is 11.3 Å². The zero-order chi connectivity index (χ0) is 17.6. The van der Waals surface area contributed by atoms with Crippen LogP contribution >= 0.6 is 48.6 Å². The number of carbonyl (C=O) groups is 1. The van der Waals surface area contributed by atoms with Crippen molar-refractivity contribution >= 4 is 60.3 Å². The van der Waals surface area contributed by atoms with Gasteiger partial charge in [-0.15, -0.1) is 48.6 Å². The summed E-state index contributed by atoms with van der Waals surface area (Å²) in [5, 5.41) is 5.56. The Morgan fingerprint density at radius 1 is 1.21 bits per heavy atom. The molecule has 0 spiro atoms. The molecule has 1 amide bonds. The Bertz CT molecular complexity index is 707. The van der Waals surface area contributed by atoms with E-state index in [0.29, 0.717) is 25.2 Å². The Kier molecular flexibility index (Phi) is 12.6.